The summed E-state index contributed by atoms with van der Waals surface area (Å²) in [5, 5.41) is 5.24. The molecule has 1 heterocycles. The Labute approximate surface area is 124 Å². The average Bonchev–Trinajstić information content (AvgIpc) is 2.30. The SMILES string of the molecule is CCCC1(C(C)SCC(C)C)C(=O)NC(=S)NC1=O. The van der Waals surface area contributed by atoms with Gasteiger partial charge < -0.3 is 10.6 Å². The maximum absolute atomic E-state index is 12.3. The molecule has 1 saturated heterocycles. The Bertz CT molecular complexity index is 363. The second-order valence-corrected chi connectivity index (χ2v) is 7.11. The molecule has 2 N–H and O–H groups in total. The number of nitrogens with one attached hydrogen (secondary N) is 2. The summed E-state index contributed by atoms with van der Waals surface area (Å²) >= 11 is 6.54. The van der Waals surface area contributed by atoms with Crippen molar-refractivity contribution < 1.29 is 9.59 Å². The number of amides is 2. The van der Waals surface area contributed by atoms with Gasteiger partial charge in [0, 0.05) is 5.25 Å². The highest BCUT2D eigenvalue weighted by atomic mass is 32.2. The number of rotatable bonds is 6. The van der Waals surface area contributed by atoms with Crippen molar-refractivity contribution in [1.82, 2.24) is 10.6 Å². The standard InChI is InChI=1S/C13H22N2O2S2/c1-5-6-13(9(4)19-7-8(2)3)10(16)14-12(18)15-11(13)17/h8-9H,5-7H2,1-4H3,(H2,14,15,16,17,18). The average molecular weight is 302 g/mol. The van der Waals surface area contributed by atoms with Crippen molar-refractivity contribution in [2.75, 3.05) is 5.75 Å². The first-order valence-corrected chi connectivity index (χ1v) is 8.08. The summed E-state index contributed by atoms with van der Waals surface area (Å²) in [6.07, 6.45) is 1.32. The largest absolute Gasteiger partial charge is 0.302 e. The van der Waals surface area contributed by atoms with Crippen LogP contribution in [-0.2, 0) is 9.59 Å². The van der Waals surface area contributed by atoms with Crippen LogP contribution in [0.1, 0.15) is 40.5 Å². The van der Waals surface area contributed by atoms with E-state index in [2.05, 4.69) is 24.5 Å². The number of carbonyl (C=O) groups excluding carboxylic acids is 2. The molecule has 0 spiro atoms. The summed E-state index contributed by atoms with van der Waals surface area (Å²) in [6, 6.07) is 0. The van der Waals surface area contributed by atoms with E-state index in [0.717, 1.165) is 12.2 Å². The van der Waals surface area contributed by atoms with E-state index in [9.17, 15) is 9.59 Å². The Hall–Kier alpha value is -0.620. The van der Waals surface area contributed by atoms with E-state index in [4.69, 9.17) is 12.2 Å². The van der Waals surface area contributed by atoms with Crippen LogP contribution in [0, 0.1) is 11.3 Å². The Morgan fingerprint density at radius 2 is 1.74 bits per heavy atom. The van der Waals surface area contributed by atoms with E-state index in [1.165, 1.54) is 0 Å². The van der Waals surface area contributed by atoms with Gasteiger partial charge in [0.25, 0.3) is 0 Å². The van der Waals surface area contributed by atoms with Crippen molar-refractivity contribution in [1.29, 1.82) is 0 Å². The van der Waals surface area contributed by atoms with Crippen LogP contribution in [0.4, 0.5) is 0 Å². The molecule has 0 radical (unpaired) electrons. The number of thiocarbonyl (C=S) groups is 1. The number of hydrogen-bond donors (Lipinski definition) is 2. The van der Waals surface area contributed by atoms with Crippen molar-refractivity contribution >= 4 is 40.9 Å². The molecule has 1 atom stereocenters. The minimum absolute atomic E-state index is 0.0713. The smallest absolute Gasteiger partial charge is 0.242 e. The first-order valence-electron chi connectivity index (χ1n) is 6.63. The predicted octanol–water partition coefficient (Wildman–Crippen LogP) is 2.08. The third-order valence-corrected chi connectivity index (χ3v) is 5.25. The molecular formula is C13H22N2O2S2. The first kappa shape index (κ1) is 16.4. The topological polar surface area (TPSA) is 58.2 Å². The van der Waals surface area contributed by atoms with Crippen molar-refractivity contribution in [2.45, 2.75) is 45.8 Å². The van der Waals surface area contributed by atoms with Gasteiger partial charge in [-0.25, -0.2) is 0 Å². The molecule has 0 aromatic carbocycles. The van der Waals surface area contributed by atoms with Crippen LogP contribution in [-0.4, -0.2) is 27.9 Å². The maximum Gasteiger partial charge on any atom is 0.242 e. The number of hydrogen-bond acceptors (Lipinski definition) is 4. The van der Waals surface area contributed by atoms with Crippen LogP contribution in [0.25, 0.3) is 0 Å². The summed E-state index contributed by atoms with van der Waals surface area (Å²) < 4.78 is 0. The lowest BCUT2D eigenvalue weighted by Gasteiger charge is -2.39. The van der Waals surface area contributed by atoms with Gasteiger partial charge in [-0.2, -0.15) is 11.8 Å². The second kappa shape index (κ2) is 6.70. The van der Waals surface area contributed by atoms with E-state index >= 15 is 0 Å². The van der Waals surface area contributed by atoms with Crippen LogP contribution in [0.15, 0.2) is 0 Å². The van der Waals surface area contributed by atoms with Crippen molar-refractivity contribution in [3.05, 3.63) is 0 Å². The van der Waals surface area contributed by atoms with Crippen LogP contribution >= 0.6 is 24.0 Å². The first-order chi connectivity index (χ1) is 8.84. The fourth-order valence-electron chi connectivity index (χ4n) is 2.24. The minimum atomic E-state index is -1.00. The summed E-state index contributed by atoms with van der Waals surface area (Å²) in [4.78, 5) is 24.7. The van der Waals surface area contributed by atoms with E-state index in [1.54, 1.807) is 11.8 Å². The third kappa shape index (κ3) is 3.48. The van der Waals surface area contributed by atoms with Crippen LogP contribution in [0.5, 0.6) is 0 Å². The van der Waals surface area contributed by atoms with Gasteiger partial charge in [-0.3, -0.25) is 9.59 Å². The zero-order chi connectivity index (χ0) is 14.6. The summed E-state index contributed by atoms with van der Waals surface area (Å²) in [7, 11) is 0. The van der Waals surface area contributed by atoms with Gasteiger partial charge in [-0.15, -0.1) is 0 Å². The molecule has 0 aromatic heterocycles. The third-order valence-electron chi connectivity index (χ3n) is 3.28. The Morgan fingerprint density at radius 1 is 1.21 bits per heavy atom. The number of thioether (sulfide) groups is 1. The van der Waals surface area contributed by atoms with Crippen molar-refractivity contribution in [2.24, 2.45) is 11.3 Å². The van der Waals surface area contributed by atoms with Gasteiger partial charge >= 0.3 is 0 Å². The van der Waals surface area contributed by atoms with E-state index < -0.39 is 5.41 Å². The monoisotopic (exact) mass is 302 g/mol. The summed E-state index contributed by atoms with van der Waals surface area (Å²) in [6.45, 7) is 8.19. The molecule has 0 aromatic rings. The molecule has 0 bridgehead atoms. The second-order valence-electron chi connectivity index (χ2n) is 5.33. The van der Waals surface area contributed by atoms with E-state index in [-0.39, 0.29) is 22.2 Å². The van der Waals surface area contributed by atoms with Crippen LogP contribution < -0.4 is 10.6 Å². The van der Waals surface area contributed by atoms with E-state index in [1.807, 2.05) is 13.8 Å². The highest BCUT2D eigenvalue weighted by Gasteiger charge is 2.52. The fraction of sp³-hybridized carbons (Fsp3) is 0.769. The lowest BCUT2D eigenvalue weighted by Crippen LogP contribution is -2.65. The van der Waals surface area contributed by atoms with Crippen molar-refractivity contribution in [3.63, 3.8) is 0 Å². The molecule has 0 saturated carbocycles. The fourth-order valence-corrected chi connectivity index (χ4v) is 3.71. The van der Waals surface area contributed by atoms with E-state index in [0.29, 0.717) is 12.3 Å². The maximum atomic E-state index is 12.3. The van der Waals surface area contributed by atoms with Gasteiger partial charge in [0.2, 0.25) is 11.8 Å². The summed E-state index contributed by atoms with van der Waals surface area (Å²) in [5.74, 6) is 0.943. The molecule has 1 unspecified atom stereocenters. The molecule has 1 fully saturated rings. The lowest BCUT2D eigenvalue weighted by molar-refractivity contribution is -0.144. The molecule has 6 heteroatoms. The lowest BCUT2D eigenvalue weighted by atomic mass is 9.77. The molecule has 1 rings (SSSR count). The quantitative estimate of drug-likeness (QED) is 0.582. The zero-order valence-corrected chi connectivity index (χ0v) is 13.5. The van der Waals surface area contributed by atoms with Gasteiger partial charge in [-0.05, 0) is 30.3 Å². The molecule has 1 aliphatic rings. The molecule has 1 aliphatic heterocycles. The van der Waals surface area contributed by atoms with Gasteiger partial charge in [0.15, 0.2) is 5.11 Å². The Balaban J connectivity index is 2.97. The minimum Gasteiger partial charge on any atom is -0.302 e. The Kier molecular flexibility index (Phi) is 5.80. The Morgan fingerprint density at radius 3 is 2.16 bits per heavy atom. The molecule has 108 valence electrons. The van der Waals surface area contributed by atoms with Gasteiger partial charge in [0.05, 0.1) is 0 Å². The predicted molar refractivity (Wildman–Crippen MR) is 83.0 cm³/mol. The van der Waals surface area contributed by atoms with Crippen molar-refractivity contribution in [3.8, 4) is 0 Å². The normalized spacial score (nSPS) is 20.2. The highest BCUT2D eigenvalue weighted by molar-refractivity contribution is 8.00. The van der Waals surface area contributed by atoms with Crippen LogP contribution in [0.3, 0.4) is 0 Å². The molecule has 2 amide bonds. The number of carbonyl (C=O) groups is 2. The zero-order valence-electron chi connectivity index (χ0n) is 11.9. The molecule has 0 aliphatic carbocycles. The highest BCUT2D eigenvalue weighted by Crippen LogP contribution is 2.38. The van der Waals surface area contributed by atoms with Gasteiger partial charge in [0.1, 0.15) is 5.41 Å². The summed E-state index contributed by atoms with van der Waals surface area (Å²) in [5.41, 5.74) is -1.00. The molecule has 4 nitrogen and oxygen atoms in total. The van der Waals surface area contributed by atoms with Gasteiger partial charge in [-0.1, -0.05) is 34.1 Å². The molecular weight excluding hydrogens is 280 g/mol. The molecule has 19 heavy (non-hydrogen) atoms. The van der Waals surface area contributed by atoms with Crippen LogP contribution in [0.2, 0.25) is 0 Å².